The van der Waals surface area contributed by atoms with Crippen LogP contribution in [0.1, 0.15) is 68.1 Å². The number of nitrogens with zero attached hydrogens (tertiary/aromatic N) is 6. The van der Waals surface area contributed by atoms with E-state index in [1.807, 2.05) is 22.5 Å². The normalized spacial score (nSPS) is 23.5. The van der Waals surface area contributed by atoms with E-state index >= 15 is 0 Å². The van der Waals surface area contributed by atoms with Gasteiger partial charge in [0.05, 0.1) is 26.0 Å². The summed E-state index contributed by atoms with van der Waals surface area (Å²) in [6, 6.07) is 0. The highest BCUT2D eigenvalue weighted by molar-refractivity contribution is 5.96. The van der Waals surface area contributed by atoms with E-state index in [-0.39, 0.29) is 58.9 Å². The molecule has 0 spiro atoms. The Morgan fingerprint density at radius 1 is 1.10 bits per heavy atom. The highest BCUT2D eigenvalue weighted by Gasteiger charge is 2.69. The molecule has 3 saturated carbocycles. The van der Waals surface area contributed by atoms with Gasteiger partial charge < -0.3 is 34.1 Å². The van der Waals surface area contributed by atoms with E-state index in [1.54, 1.807) is 11.8 Å². The number of piperazine rings is 1. The molecule has 256 valence electrons. The number of hydrogen-bond donors (Lipinski definition) is 2. The molecule has 14 nitrogen and oxygen atoms in total. The molecule has 2 N–H and O–H groups in total. The average Bonchev–Trinajstić information content (AvgIpc) is 3.50. The lowest BCUT2D eigenvalue weighted by Gasteiger charge is -2.72. The van der Waals surface area contributed by atoms with Crippen molar-refractivity contribution in [3.63, 3.8) is 0 Å². The molecule has 5 heterocycles. The lowest BCUT2D eigenvalue weighted by Crippen LogP contribution is -2.76. The molecule has 3 aromatic rings. The van der Waals surface area contributed by atoms with Gasteiger partial charge in [-0.2, -0.15) is 4.80 Å². The number of methoxy groups -OCH3 is 1. The summed E-state index contributed by atoms with van der Waals surface area (Å²) in [5, 5.41) is 12.8. The standard InChI is InChI=1S/C34H44N8O6/c1-6-23-27(39-9-11-40(12-10-39)32(46)25-28(44)21(4)15-35-31(25)47-5)29(45)26-30(38-42(37-26)22-7-13-48-14-8-22)41(23)16-24(43)36-34-17-33(18-34,19-34)20(2)3/h7,15,20H,6,8-14,16-19H2,1-5H3,(H,35,44)(H,36,43). The van der Waals surface area contributed by atoms with Crippen LogP contribution in [0.4, 0.5) is 5.69 Å². The fourth-order valence-electron chi connectivity index (χ4n) is 8.16. The Labute approximate surface area is 278 Å². The summed E-state index contributed by atoms with van der Waals surface area (Å²) in [6.07, 6.45) is 7.53. The topological polar surface area (TPSA) is 157 Å². The maximum Gasteiger partial charge on any atom is 0.263 e. The minimum Gasteiger partial charge on any atom is -0.482 e. The molecule has 48 heavy (non-hydrogen) atoms. The number of ether oxygens (including phenoxy) is 2. The molecular weight excluding hydrogens is 616 g/mol. The summed E-state index contributed by atoms with van der Waals surface area (Å²) >= 11 is 0. The van der Waals surface area contributed by atoms with Crippen LogP contribution in [0.2, 0.25) is 0 Å². The van der Waals surface area contributed by atoms with Gasteiger partial charge in [-0.1, -0.05) is 20.8 Å². The molecule has 3 aliphatic carbocycles. The number of amides is 2. The Bertz CT molecular complexity index is 1930. The summed E-state index contributed by atoms with van der Waals surface area (Å²) in [6.45, 7) is 10.4. The Morgan fingerprint density at radius 3 is 2.46 bits per heavy atom. The predicted octanol–water partition coefficient (Wildman–Crippen LogP) is 2.08. The average molecular weight is 661 g/mol. The van der Waals surface area contributed by atoms with Gasteiger partial charge in [0.2, 0.25) is 22.6 Å². The molecule has 0 atom stereocenters. The van der Waals surface area contributed by atoms with Crippen molar-refractivity contribution in [2.24, 2.45) is 11.3 Å². The second kappa shape index (κ2) is 11.9. The lowest BCUT2D eigenvalue weighted by molar-refractivity contribution is -0.187. The molecule has 2 bridgehead atoms. The Kier molecular flexibility index (Phi) is 7.96. The predicted molar refractivity (Wildman–Crippen MR) is 179 cm³/mol. The molecule has 8 rings (SSSR count). The summed E-state index contributed by atoms with van der Waals surface area (Å²) in [5.41, 5.74) is 2.54. The second-order valence-electron chi connectivity index (χ2n) is 14.1. The molecule has 0 aromatic carbocycles. The first-order valence-corrected chi connectivity index (χ1v) is 16.9. The Hall–Kier alpha value is -4.46. The molecule has 4 fully saturated rings. The number of pyridine rings is 2. The number of fused-ring (bicyclic) bond motifs is 1. The fourth-order valence-corrected chi connectivity index (χ4v) is 8.16. The number of aromatic amines is 1. The minimum atomic E-state index is -0.419. The maximum atomic E-state index is 14.3. The summed E-state index contributed by atoms with van der Waals surface area (Å²) in [4.78, 5) is 62.4. The van der Waals surface area contributed by atoms with Gasteiger partial charge >= 0.3 is 0 Å². The molecule has 5 aliphatic rings. The van der Waals surface area contributed by atoms with Crippen molar-refractivity contribution in [3.8, 4) is 5.88 Å². The second-order valence-corrected chi connectivity index (χ2v) is 14.1. The van der Waals surface area contributed by atoms with Crippen LogP contribution >= 0.6 is 0 Å². The number of anilines is 1. The van der Waals surface area contributed by atoms with Crippen LogP contribution in [0.25, 0.3) is 16.9 Å². The zero-order chi connectivity index (χ0) is 34.0. The van der Waals surface area contributed by atoms with E-state index < -0.39 is 5.91 Å². The number of carbonyl (C=O) groups is 2. The number of carbonyl (C=O) groups excluding carboxylic acids is 2. The van der Waals surface area contributed by atoms with Crippen molar-refractivity contribution >= 4 is 34.4 Å². The van der Waals surface area contributed by atoms with E-state index in [2.05, 4.69) is 29.2 Å². The van der Waals surface area contributed by atoms with Gasteiger partial charge in [0.1, 0.15) is 17.8 Å². The van der Waals surface area contributed by atoms with Gasteiger partial charge in [0, 0.05) is 55.6 Å². The van der Waals surface area contributed by atoms with Gasteiger partial charge in [0.25, 0.3) is 5.91 Å². The molecule has 3 aromatic heterocycles. The van der Waals surface area contributed by atoms with Crippen LogP contribution in [0.15, 0.2) is 21.9 Å². The van der Waals surface area contributed by atoms with Gasteiger partial charge in [-0.15, -0.1) is 10.2 Å². The first-order chi connectivity index (χ1) is 23.0. The number of aryl methyl sites for hydroxylation is 1. The van der Waals surface area contributed by atoms with Crippen molar-refractivity contribution in [3.05, 3.63) is 49.5 Å². The van der Waals surface area contributed by atoms with E-state index in [0.29, 0.717) is 73.1 Å². The third kappa shape index (κ3) is 5.11. The maximum absolute atomic E-state index is 14.3. The number of rotatable bonds is 9. The smallest absolute Gasteiger partial charge is 0.263 e. The monoisotopic (exact) mass is 660 g/mol. The first-order valence-electron chi connectivity index (χ1n) is 16.9. The van der Waals surface area contributed by atoms with Crippen molar-refractivity contribution in [2.45, 2.75) is 71.9 Å². The molecule has 2 amide bonds. The SMILES string of the molecule is CCc1c(N2CCN(C(=O)c3c(OC)[nH]cc(C)c3=O)CC2)c(=O)c2nn(C3=CCOCC3)nc2n1CC(=O)NC12CC(C(C)C)(C1)C2. The molecule has 0 radical (unpaired) electrons. The molecule has 1 saturated heterocycles. The van der Waals surface area contributed by atoms with Gasteiger partial charge in [-0.3, -0.25) is 19.2 Å². The van der Waals surface area contributed by atoms with Gasteiger partial charge in [-0.25, -0.2) is 0 Å². The number of nitrogens with one attached hydrogen (secondary N) is 2. The summed E-state index contributed by atoms with van der Waals surface area (Å²) < 4.78 is 12.6. The van der Waals surface area contributed by atoms with Crippen molar-refractivity contribution in [1.29, 1.82) is 0 Å². The van der Waals surface area contributed by atoms with Crippen LogP contribution in [-0.2, 0) is 22.5 Å². The minimum absolute atomic E-state index is 0.0125. The molecule has 14 heteroatoms. The third-order valence-electron chi connectivity index (χ3n) is 10.9. The summed E-state index contributed by atoms with van der Waals surface area (Å²) in [5.74, 6) is 0.190. The Morgan fingerprint density at radius 2 is 1.83 bits per heavy atom. The number of hydrogen-bond acceptors (Lipinski definition) is 9. The lowest BCUT2D eigenvalue weighted by atomic mass is 9.36. The number of H-pyrrole nitrogens is 1. The Balaban J connectivity index is 1.20. The van der Waals surface area contributed by atoms with E-state index in [0.717, 1.165) is 25.0 Å². The largest absolute Gasteiger partial charge is 0.482 e. The highest BCUT2D eigenvalue weighted by atomic mass is 16.5. The zero-order valence-corrected chi connectivity index (χ0v) is 28.4. The van der Waals surface area contributed by atoms with Gasteiger partial charge in [0.15, 0.2) is 11.2 Å². The zero-order valence-electron chi connectivity index (χ0n) is 28.4. The van der Waals surface area contributed by atoms with Crippen LogP contribution in [0.5, 0.6) is 5.88 Å². The fraction of sp³-hybridized carbons (Fsp3) is 0.588. The van der Waals surface area contributed by atoms with E-state index in [4.69, 9.17) is 14.6 Å². The highest BCUT2D eigenvalue weighted by Crippen LogP contribution is 2.70. The van der Waals surface area contributed by atoms with Crippen molar-refractivity contribution < 1.29 is 19.1 Å². The third-order valence-corrected chi connectivity index (χ3v) is 10.9. The van der Waals surface area contributed by atoms with Crippen LogP contribution in [-0.4, -0.2) is 93.3 Å². The first kappa shape index (κ1) is 32.1. The van der Waals surface area contributed by atoms with Crippen molar-refractivity contribution in [1.82, 2.24) is 34.8 Å². The van der Waals surface area contributed by atoms with Crippen LogP contribution in [0, 0.1) is 18.3 Å². The van der Waals surface area contributed by atoms with E-state index in [1.165, 1.54) is 18.1 Å². The molecular formula is C34H44N8O6. The van der Waals surface area contributed by atoms with Crippen LogP contribution < -0.4 is 25.8 Å². The molecule has 0 unspecified atom stereocenters. The van der Waals surface area contributed by atoms with Gasteiger partial charge in [-0.05, 0) is 50.0 Å². The van der Waals surface area contributed by atoms with Crippen LogP contribution in [0.3, 0.4) is 0 Å². The molecule has 2 aliphatic heterocycles. The van der Waals surface area contributed by atoms with E-state index in [9.17, 15) is 19.2 Å². The quantitative estimate of drug-likeness (QED) is 0.351. The van der Waals surface area contributed by atoms with Crippen molar-refractivity contribution in [2.75, 3.05) is 51.4 Å². The summed E-state index contributed by atoms with van der Waals surface area (Å²) in [7, 11) is 1.41. The number of aromatic nitrogens is 5.